The van der Waals surface area contributed by atoms with Gasteiger partial charge in [0.2, 0.25) is 11.8 Å². The molecule has 8 heteroatoms. The maximum absolute atomic E-state index is 12.9. The van der Waals surface area contributed by atoms with Crippen LogP contribution in [0, 0.1) is 11.3 Å². The molecule has 0 saturated heterocycles. The number of hydrogen-bond acceptors (Lipinski definition) is 5. The Morgan fingerprint density at radius 2 is 1.82 bits per heavy atom. The average molecular weight is 575 g/mol. The Kier molecular flexibility index (Phi) is 15.6. The molecule has 0 unspecified atom stereocenters. The average Bonchev–Trinajstić information content (AvgIpc) is 2.84. The van der Waals surface area contributed by atoms with E-state index in [1.807, 2.05) is 85.8 Å². The fourth-order valence-corrected chi connectivity index (χ4v) is 4.07. The van der Waals surface area contributed by atoms with E-state index in [0.29, 0.717) is 24.3 Å². The molecule has 0 bridgehead atoms. The third kappa shape index (κ3) is 15.0. The van der Waals surface area contributed by atoms with Crippen LogP contribution in [0.25, 0.3) is 0 Å². The maximum atomic E-state index is 12.9. The fourth-order valence-electron chi connectivity index (χ4n) is 3.98. The number of carbonyl (C=O) groups excluding carboxylic acids is 3. The van der Waals surface area contributed by atoms with E-state index in [1.165, 1.54) is 12.2 Å². The summed E-state index contributed by atoms with van der Waals surface area (Å²) < 4.78 is 11.3. The van der Waals surface area contributed by atoms with Crippen molar-refractivity contribution in [1.82, 2.24) is 10.6 Å². The normalized spacial score (nSPS) is 19.4. The molecule has 40 heavy (non-hydrogen) atoms. The quantitative estimate of drug-likeness (QED) is 0.142. The Morgan fingerprint density at radius 3 is 2.42 bits per heavy atom. The largest absolute Gasteiger partial charge is 0.458 e. The van der Waals surface area contributed by atoms with Gasteiger partial charge in [0.25, 0.3) is 0 Å². The summed E-state index contributed by atoms with van der Waals surface area (Å²) in [6, 6.07) is -0.738. The second-order valence-corrected chi connectivity index (χ2v) is 12.0. The highest BCUT2D eigenvalue weighted by Gasteiger charge is 2.31. The molecule has 0 aromatic heterocycles. The highest BCUT2D eigenvalue weighted by molar-refractivity contribution is 6.29. The molecule has 1 rings (SSSR count). The topological polar surface area (TPSA) is 93.7 Å². The van der Waals surface area contributed by atoms with Crippen molar-refractivity contribution in [2.45, 2.75) is 99.0 Å². The van der Waals surface area contributed by atoms with Crippen LogP contribution in [0.15, 0.2) is 71.5 Å². The lowest BCUT2D eigenvalue weighted by Gasteiger charge is -2.29. The minimum absolute atomic E-state index is 0.0539. The van der Waals surface area contributed by atoms with Gasteiger partial charge in [-0.3, -0.25) is 9.59 Å². The first-order valence-electron chi connectivity index (χ1n) is 13.8. The van der Waals surface area contributed by atoms with Crippen LogP contribution in [-0.2, 0) is 23.9 Å². The number of cyclic esters (lactones) is 1. The Morgan fingerprint density at radius 1 is 1.15 bits per heavy atom. The highest BCUT2D eigenvalue weighted by Crippen LogP contribution is 2.20. The van der Waals surface area contributed by atoms with E-state index in [9.17, 15) is 14.4 Å². The Bertz CT molecular complexity index is 1030. The summed E-state index contributed by atoms with van der Waals surface area (Å²) in [4.78, 5) is 37.0. The molecule has 0 aliphatic carbocycles. The lowest BCUT2D eigenvalue weighted by atomic mass is 9.86. The van der Waals surface area contributed by atoms with Gasteiger partial charge in [0, 0.05) is 29.5 Å². The van der Waals surface area contributed by atoms with Crippen molar-refractivity contribution in [3.05, 3.63) is 71.5 Å². The second-order valence-electron chi connectivity index (χ2n) is 11.4. The zero-order valence-corrected chi connectivity index (χ0v) is 26.0. The summed E-state index contributed by atoms with van der Waals surface area (Å²) in [6.45, 7) is 15.4. The Hall–Kier alpha value is -2.90. The molecule has 4 atom stereocenters. The molecule has 0 fully saturated rings. The summed E-state index contributed by atoms with van der Waals surface area (Å²) in [7, 11) is 0. The number of hydrogen-bond donors (Lipinski definition) is 2. The minimum Gasteiger partial charge on any atom is -0.458 e. The molecule has 2 amide bonds. The van der Waals surface area contributed by atoms with Gasteiger partial charge in [0.1, 0.15) is 12.1 Å². The molecule has 0 aromatic rings. The van der Waals surface area contributed by atoms with E-state index in [4.69, 9.17) is 21.1 Å². The first-order valence-corrected chi connectivity index (χ1v) is 14.2. The van der Waals surface area contributed by atoms with Crippen LogP contribution in [0.5, 0.6) is 0 Å². The zero-order chi connectivity index (χ0) is 30.3. The number of nitrogens with one attached hydrogen (secondary N) is 2. The Balaban J connectivity index is 2.68. The number of esters is 1. The molecule has 0 saturated carbocycles. The molecule has 1 aliphatic rings. The first kappa shape index (κ1) is 35.1. The van der Waals surface area contributed by atoms with Crippen molar-refractivity contribution in [2.75, 3.05) is 0 Å². The van der Waals surface area contributed by atoms with Gasteiger partial charge in [0.05, 0.1) is 12.2 Å². The molecule has 0 aromatic carbocycles. The molecule has 0 spiro atoms. The van der Waals surface area contributed by atoms with Crippen LogP contribution >= 0.6 is 11.6 Å². The molecule has 222 valence electrons. The van der Waals surface area contributed by atoms with Crippen LogP contribution in [-0.4, -0.2) is 42.1 Å². The van der Waals surface area contributed by atoms with Gasteiger partial charge in [0.15, 0.2) is 0 Å². The number of ether oxygens (including phenoxy) is 2. The lowest BCUT2D eigenvalue weighted by molar-refractivity contribution is -0.145. The summed E-state index contributed by atoms with van der Waals surface area (Å²) in [5, 5.41) is 6.31. The third-order valence-corrected chi connectivity index (χ3v) is 6.16. The van der Waals surface area contributed by atoms with E-state index in [0.717, 1.165) is 5.57 Å². The maximum Gasteiger partial charge on any atom is 0.330 e. The first-order chi connectivity index (χ1) is 18.7. The van der Waals surface area contributed by atoms with E-state index < -0.39 is 11.5 Å². The van der Waals surface area contributed by atoms with Crippen molar-refractivity contribution < 1.29 is 23.9 Å². The third-order valence-electron chi connectivity index (χ3n) is 6.00. The Labute approximate surface area is 245 Å². The molecular weight excluding hydrogens is 528 g/mol. The minimum atomic E-state index is -0.738. The summed E-state index contributed by atoms with van der Waals surface area (Å²) in [6.07, 6.45) is 19.1. The summed E-state index contributed by atoms with van der Waals surface area (Å²) >= 11 is 5.95. The van der Waals surface area contributed by atoms with Gasteiger partial charge in [-0.05, 0) is 52.2 Å². The molecule has 7 nitrogen and oxygen atoms in total. The standard InChI is InChI=1S/C32H47ClN2O5/c1-22(2)39-26(19-18-25(5)33)14-12-20-34-31(38)30(32(6,7)8)35-28(36)16-10-9-13-23(3)21-24(4)27-15-11-17-29(37)40-27/h9-13,16-18,20-22,24,26-27,30H,14-15,19H2,1-8H3,(H,34,38)(H,35,36)/b13-9-,16-10-,20-12-,23-21+,25-18+/t24-,26+,27-,30+/m0/s1. The van der Waals surface area contributed by atoms with Crippen LogP contribution in [0.4, 0.5) is 0 Å². The van der Waals surface area contributed by atoms with E-state index in [-0.39, 0.29) is 42.0 Å². The van der Waals surface area contributed by atoms with Crippen LogP contribution in [0.1, 0.15) is 74.7 Å². The van der Waals surface area contributed by atoms with Crippen LogP contribution in [0.3, 0.4) is 0 Å². The zero-order valence-electron chi connectivity index (χ0n) is 25.2. The number of amides is 2. The fraction of sp³-hybridized carbons (Fsp3) is 0.531. The number of carbonyl (C=O) groups is 3. The van der Waals surface area contributed by atoms with Crippen LogP contribution < -0.4 is 10.6 Å². The number of rotatable bonds is 14. The second kappa shape index (κ2) is 17.7. The van der Waals surface area contributed by atoms with E-state index in [2.05, 4.69) is 10.6 Å². The smallest absolute Gasteiger partial charge is 0.330 e. The number of allylic oxidation sites excluding steroid dienone is 5. The van der Waals surface area contributed by atoms with Crippen molar-refractivity contribution in [1.29, 1.82) is 0 Å². The SMILES string of the molecule is C/C(Cl)=C\C[C@@H](C/C=C\NC(=O)[C@@H](NC(=O)\C=C/C=C\C(C)=C\[C@H](C)[C@@H]1CC=CC(=O)O1)C(C)(C)C)OC(C)C. The van der Waals surface area contributed by atoms with Crippen molar-refractivity contribution in [3.63, 3.8) is 0 Å². The molecule has 1 aliphatic heterocycles. The van der Waals surface area contributed by atoms with Gasteiger partial charge in [-0.1, -0.05) is 87.4 Å². The van der Waals surface area contributed by atoms with Crippen molar-refractivity contribution in [3.8, 4) is 0 Å². The molecule has 0 radical (unpaired) electrons. The molecular formula is C32H47ClN2O5. The van der Waals surface area contributed by atoms with Gasteiger partial charge in [-0.15, -0.1) is 0 Å². The number of halogens is 1. The monoisotopic (exact) mass is 574 g/mol. The lowest BCUT2D eigenvalue weighted by Crippen LogP contribution is -2.52. The molecule has 2 N–H and O–H groups in total. The summed E-state index contributed by atoms with van der Waals surface area (Å²) in [5.41, 5.74) is 0.480. The van der Waals surface area contributed by atoms with Crippen molar-refractivity contribution in [2.24, 2.45) is 11.3 Å². The van der Waals surface area contributed by atoms with Gasteiger partial charge in [-0.25, -0.2) is 4.79 Å². The highest BCUT2D eigenvalue weighted by atomic mass is 35.5. The predicted octanol–water partition coefficient (Wildman–Crippen LogP) is 6.43. The van der Waals surface area contributed by atoms with E-state index in [1.54, 1.807) is 18.4 Å². The molecule has 1 heterocycles. The van der Waals surface area contributed by atoms with Gasteiger partial charge in [-0.2, -0.15) is 0 Å². The predicted molar refractivity (Wildman–Crippen MR) is 162 cm³/mol. The van der Waals surface area contributed by atoms with Crippen LogP contribution in [0.2, 0.25) is 0 Å². The van der Waals surface area contributed by atoms with Gasteiger partial charge < -0.3 is 20.1 Å². The van der Waals surface area contributed by atoms with Crippen molar-refractivity contribution >= 4 is 29.4 Å². The van der Waals surface area contributed by atoms with Gasteiger partial charge >= 0.3 is 5.97 Å². The summed E-state index contributed by atoms with van der Waals surface area (Å²) in [5.74, 6) is -0.919. The van der Waals surface area contributed by atoms with E-state index >= 15 is 0 Å².